The zero-order valence-electron chi connectivity index (χ0n) is 9.21. The van der Waals surface area contributed by atoms with E-state index in [1.54, 1.807) is 12.1 Å². The van der Waals surface area contributed by atoms with E-state index >= 15 is 0 Å². The molecule has 0 aromatic heterocycles. The maximum Gasteiger partial charge on any atom is 0.337 e. The molecule has 0 radical (unpaired) electrons. The summed E-state index contributed by atoms with van der Waals surface area (Å²) in [5.41, 5.74) is 1.27. The van der Waals surface area contributed by atoms with Crippen LogP contribution in [0.5, 0.6) is 0 Å². The predicted octanol–water partition coefficient (Wildman–Crippen LogP) is 2.11. The molecular weight excluding hydrogens is 224 g/mol. The zero-order valence-corrected chi connectivity index (χ0v) is 9.21. The minimum Gasteiger partial charge on any atom is -0.478 e. The summed E-state index contributed by atoms with van der Waals surface area (Å²) in [7, 11) is 0. The first-order valence-corrected chi connectivity index (χ1v) is 4.98. The number of para-hydroxylation sites is 1. The highest BCUT2D eigenvalue weighted by Crippen LogP contribution is 2.22. The number of aromatic carboxylic acids is 1. The van der Waals surface area contributed by atoms with Gasteiger partial charge in [0.2, 0.25) is 6.20 Å². The molecule has 0 bridgehead atoms. The van der Waals surface area contributed by atoms with Crippen LogP contribution >= 0.6 is 0 Å². The van der Waals surface area contributed by atoms with Crippen LogP contribution in [0.1, 0.15) is 22.8 Å². The number of anilines is 1. The number of carboxylic acids is 1. The van der Waals surface area contributed by atoms with Crippen LogP contribution in [0.4, 0.5) is 5.69 Å². The lowest BCUT2D eigenvalue weighted by Crippen LogP contribution is -2.05. The van der Waals surface area contributed by atoms with Crippen LogP contribution in [0.25, 0.3) is 0 Å². The molecule has 0 atom stereocenters. The van der Waals surface area contributed by atoms with Crippen molar-refractivity contribution in [1.82, 2.24) is 0 Å². The minimum absolute atomic E-state index is 0.0948. The number of nitrogens with one attached hydrogen (secondary N) is 1. The van der Waals surface area contributed by atoms with Gasteiger partial charge in [-0.15, -0.1) is 0 Å². The zero-order chi connectivity index (χ0) is 12.8. The molecule has 1 aromatic rings. The Labute approximate surface area is 97.7 Å². The fraction of sp³-hybridized carbons (Fsp3) is 0.182. The number of hydrogen-bond acceptors (Lipinski definition) is 4. The van der Waals surface area contributed by atoms with Crippen molar-refractivity contribution >= 4 is 11.7 Å². The molecule has 0 aliphatic heterocycles. The molecule has 0 saturated heterocycles. The highest BCUT2D eigenvalue weighted by molar-refractivity contribution is 5.95. The van der Waals surface area contributed by atoms with Crippen molar-refractivity contribution in [2.45, 2.75) is 13.3 Å². The van der Waals surface area contributed by atoms with E-state index in [0.717, 1.165) is 18.0 Å². The van der Waals surface area contributed by atoms with Crippen molar-refractivity contribution in [1.29, 1.82) is 0 Å². The van der Waals surface area contributed by atoms with Crippen molar-refractivity contribution in [3.63, 3.8) is 0 Å². The molecule has 0 unspecified atom stereocenters. The molecule has 0 heterocycles. The maximum atomic E-state index is 11.0. The molecule has 0 spiro atoms. The van der Waals surface area contributed by atoms with Crippen molar-refractivity contribution in [3.8, 4) is 0 Å². The van der Waals surface area contributed by atoms with Gasteiger partial charge in [0.25, 0.3) is 0 Å². The lowest BCUT2D eigenvalue weighted by atomic mass is 10.1. The van der Waals surface area contributed by atoms with Gasteiger partial charge in [0.1, 0.15) is 0 Å². The van der Waals surface area contributed by atoms with Gasteiger partial charge in [-0.3, -0.25) is 10.1 Å². The third-order valence-corrected chi connectivity index (χ3v) is 2.19. The van der Waals surface area contributed by atoms with E-state index in [4.69, 9.17) is 5.11 Å². The largest absolute Gasteiger partial charge is 0.478 e. The smallest absolute Gasteiger partial charge is 0.337 e. The topological polar surface area (TPSA) is 92.5 Å². The van der Waals surface area contributed by atoms with Crippen molar-refractivity contribution < 1.29 is 14.8 Å². The molecule has 6 heteroatoms. The van der Waals surface area contributed by atoms with Crippen LogP contribution in [0.3, 0.4) is 0 Å². The monoisotopic (exact) mass is 236 g/mol. The van der Waals surface area contributed by atoms with E-state index in [2.05, 4.69) is 5.32 Å². The molecule has 0 saturated carbocycles. The van der Waals surface area contributed by atoms with E-state index in [1.165, 1.54) is 6.07 Å². The van der Waals surface area contributed by atoms with Crippen LogP contribution < -0.4 is 5.32 Å². The fourth-order valence-corrected chi connectivity index (χ4v) is 1.42. The van der Waals surface area contributed by atoms with E-state index in [1.807, 2.05) is 6.92 Å². The SMILES string of the molecule is CCc1cccc(C(=O)O)c1N/C=C/[N+](=O)[O-]. The normalized spacial score (nSPS) is 10.4. The Bertz CT molecular complexity index is 469. The van der Waals surface area contributed by atoms with Crippen LogP contribution in [0, 0.1) is 10.1 Å². The Kier molecular flexibility index (Phi) is 4.21. The Morgan fingerprint density at radius 3 is 2.82 bits per heavy atom. The van der Waals surface area contributed by atoms with Crippen LogP contribution in [-0.4, -0.2) is 16.0 Å². The number of nitrogens with zero attached hydrogens (tertiary/aromatic N) is 1. The second-order valence-corrected chi connectivity index (χ2v) is 3.24. The lowest BCUT2D eigenvalue weighted by Gasteiger charge is -2.10. The average Bonchev–Trinajstić information content (AvgIpc) is 2.28. The third kappa shape index (κ3) is 3.30. The number of aryl methyl sites for hydroxylation is 1. The Morgan fingerprint density at radius 1 is 1.59 bits per heavy atom. The molecule has 17 heavy (non-hydrogen) atoms. The molecule has 0 fully saturated rings. The van der Waals surface area contributed by atoms with Gasteiger partial charge in [-0.2, -0.15) is 0 Å². The van der Waals surface area contributed by atoms with Crippen molar-refractivity contribution in [2.75, 3.05) is 5.32 Å². The first kappa shape index (κ1) is 12.7. The summed E-state index contributed by atoms with van der Waals surface area (Å²) in [6.07, 6.45) is 2.47. The van der Waals surface area contributed by atoms with Crippen molar-refractivity contribution in [2.24, 2.45) is 0 Å². The van der Waals surface area contributed by atoms with Gasteiger partial charge < -0.3 is 10.4 Å². The highest BCUT2D eigenvalue weighted by atomic mass is 16.6. The minimum atomic E-state index is -1.07. The number of benzene rings is 1. The van der Waals surface area contributed by atoms with E-state index in [9.17, 15) is 14.9 Å². The number of carbonyl (C=O) groups is 1. The Hall–Kier alpha value is -2.37. The van der Waals surface area contributed by atoms with E-state index < -0.39 is 10.9 Å². The number of hydrogen-bond donors (Lipinski definition) is 2. The number of rotatable bonds is 5. The van der Waals surface area contributed by atoms with Crippen LogP contribution in [0.15, 0.2) is 30.6 Å². The summed E-state index contributed by atoms with van der Waals surface area (Å²) in [5.74, 6) is -1.07. The molecule has 0 aliphatic rings. The summed E-state index contributed by atoms with van der Waals surface area (Å²) in [4.78, 5) is 20.5. The van der Waals surface area contributed by atoms with Crippen LogP contribution in [-0.2, 0) is 6.42 Å². The third-order valence-electron chi connectivity index (χ3n) is 2.19. The van der Waals surface area contributed by atoms with Gasteiger partial charge in [-0.1, -0.05) is 19.1 Å². The summed E-state index contributed by atoms with van der Waals surface area (Å²) >= 11 is 0. The second-order valence-electron chi connectivity index (χ2n) is 3.24. The summed E-state index contributed by atoms with van der Waals surface area (Å²) in [5, 5.41) is 21.8. The van der Waals surface area contributed by atoms with Gasteiger partial charge in [0.15, 0.2) is 0 Å². The predicted molar refractivity (Wildman–Crippen MR) is 62.5 cm³/mol. The van der Waals surface area contributed by atoms with Gasteiger partial charge >= 0.3 is 5.97 Å². The quantitative estimate of drug-likeness (QED) is 0.603. The molecular formula is C11H12N2O4. The van der Waals surface area contributed by atoms with E-state index in [-0.39, 0.29) is 5.56 Å². The molecule has 6 nitrogen and oxygen atoms in total. The van der Waals surface area contributed by atoms with Gasteiger partial charge in [-0.05, 0) is 18.1 Å². The molecule has 0 aliphatic carbocycles. The lowest BCUT2D eigenvalue weighted by molar-refractivity contribution is -0.402. The molecule has 1 rings (SSSR count). The van der Waals surface area contributed by atoms with E-state index in [0.29, 0.717) is 12.1 Å². The summed E-state index contributed by atoms with van der Waals surface area (Å²) in [6, 6.07) is 4.86. The number of nitro groups is 1. The highest BCUT2D eigenvalue weighted by Gasteiger charge is 2.11. The first-order valence-electron chi connectivity index (χ1n) is 4.98. The molecule has 2 N–H and O–H groups in total. The molecule has 90 valence electrons. The summed E-state index contributed by atoms with van der Waals surface area (Å²) < 4.78 is 0. The van der Waals surface area contributed by atoms with Gasteiger partial charge in [0, 0.05) is 0 Å². The second kappa shape index (κ2) is 5.64. The standard InChI is InChI=1S/C11H12N2O4/c1-2-8-4-3-5-9(11(14)15)10(8)12-6-7-13(16)17/h3-7,12H,2H2,1H3,(H,14,15)/b7-6+. The average molecular weight is 236 g/mol. The van der Waals surface area contributed by atoms with Gasteiger partial charge in [0.05, 0.1) is 22.4 Å². The summed E-state index contributed by atoms with van der Waals surface area (Å²) in [6.45, 7) is 1.88. The molecule has 1 aromatic carbocycles. The Balaban J connectivity index is 3.09. The number of carboxylic acid groups (broad SMARTS) is 1. The first-order chi connectivity index (χ1) is 8.06. The maximum absolute atomic E-state index is 11.0. The molecule has 0 amide bonds. The van der Waals surface area contributed by atoms with Gasteiger partial charge in [-0.25, -0.2) is 4.79 Å². The fourth-order valence-electron chi connectivity index (χ4n) is 1.42. The Morgan fingerprint density at radius 2 is 2.29 bits per heavy atom. The van der Waals surface area contributed by atoms with Crippen molar-refractivity contribution in [3.05, 3.63) is 51.8 Å². The van der Waals surface area contributed by atoms with Crippen LogP contribution in [0.2, 0.25) is 0 Å².